The van der Waals surface area contributed by atoms with Gasteiger partial charge in [0.25, 0.3) is 0 Å². The van der Waals surface area contributed by atoms with Crippen molar-refractivity contribution in [3.05, 3.63) is 0 Å². The highest BCUT2D eigenvalue weighted by Gasteiger charge is 0.0814. The first-order valence-corrected chi connectivity index (χ1v) is 0. The van der Waals surface area contributed by atoms with Crippen molar-refractivity contribution in [2.75, 3.05) is 0 Å². The Kier molecular flexibility index (Phi) is 361000. The van der Waals surface area contributed by atoms with Gasteiger partial charge in [0.1, 0.15) is 0 Å². The molecule has 0 fully saturated rings. The summed E-state index contributed by atoms with van der Waals surface area (Å²) in [6.07, 6.45) is 0. The van der Waals surface area contributed by atoms with Gasteiger partial charge in [-0.05, 0) is 0 Å². The molecule has 0 aromatic heterocycles. The minimum absolute atomic E-state index is 0. The Bertz CT molecular complexity index is 6.85. The first-order valence-electron chi connectivity index (χ1n) is 0. The highest BCUT2D eigenvalue weighted by Crippen LogP contribution is 0.422. The van der Waals surface area contributed by atoms with Crippen molar-refractivity contribution in [1.29, 1.82) is 0 Å². The maximum Gasteiger partial charge on any atom is 0.0814 e. The molecule has 0 aliphatic carbocycles. The summed E-state index contributed by atoms with van der Waals surface area (Å²) in [5, 5.41) is 0. The van der Waals surface area contributed by atoms with Crippen molar-refractivity contribution in [2.24, 2.45) is 0 Å². The molecule has 0 aromatic carbocycles. The average Bonchev–Trinajstić information content (AvgIpc) is 0. The van der Waals surface area contributed by atoms with Crippen LogP contribution in [0.1, 0.15) is 0 Å². The third kappa shape index (κ3) is 367. The largest absolute Gasteiger partial charge is 0.344 e. The Hall–Kier alpha value is -0.185. The molecule has 0 atom stereocenters. The zero-order valence-corrected chi connectivity index (χ0v) is 1.93. The molecule has 0 aromatic rings. The smallest absolute Gasteiger partial charge is 0.0814 e. The van der Waals surface area contributed by atoms with Crippen molar-refractivity contribution < 1.29 is 14.1 Å². The van der Waals surface area contributed by atoms with Crippen molar-refractivity contribution >= 4 is 8.41 Å². The van der Waals surface area contributed by atoms with Crippen LogP contribution in [0.4, 0.5) is 14.1 Å². The van der Waals surface area contributed by atoms with Gasteiger partial charge in [-0.25, -0.2) is 0 Å². The van der Waals surface area contributed by atoms with Gasteiger partial charge in [0, 0.05) is 0 Å². The lowest BCUT2D eigenvalue weighted by Gasteiger charge is -0.344. The topological polar surface area (TPSA) is 35.0 Å². The molecule has 0 amide bonds. The summed E-state index contributed by atoms with van der Waals surface area (Å²) in [5.74, 6) is 0. The third-order valence-corrected chi connectivity index (χ3v) is 0. The predicted octanol–water partition coefficient (Wildman–Crippen LogP) is -0.564. The van der Waals surface area contributed by atoms with Crippen molar-refractivity contribution in [1.82, 2.24) is 6.15 Å². The van der Waals surface area contributed by atoms with Gasteiger partial charge in [0.05, 0.1) is 8.41 Å². The fourth-order valence-corrected chi connectivity index (χ4v) is 0. The van der Waals surface area contributed by atoms with Crippen LogP contribution in [0.15, 0.2) is 0 Å². The van der Waals surface area contributed by atoms with Crippen LogP contribution in [0.25, 0.3) is 0 Å². The molecule has 0 aliphatic heterocycles. The van der Waals surface area contributed by atoms with E-state index < -0.39 is 0 Å². The third-order valence-electron chi connectivity index (χ3n) is 0. The summed E-state index contributed by atoms with van der Waals surface area (Å²) in [6, 6.07) is 0. The fourth-order valence-electron chi connectivity index (χ4n) is 0. The molecule has 0 heterocycles. The van der Waals surface area contributed by atoms with Gasteiger partial charge in [-0.1, -0.05) is 0 Å². The van der Waals surface area contributed by atoms with E-state index >= 15 is 0 Å². The van der Waals surface area contributed by atoms with Gasteiger partial charge in [-0.2, -0.15) is 0 Å². The summed E-state index contributed by atoms with van der Waals surface area (Å²) in [5.41, 5.74) is 0. The first-order chi connectivity index (χ1) is 0. The van der Waals surface area contributed by atoms with E-state index in [4.69, 9.17) is 0 Å². The molecule has 3 N–H and O–H groups in total. The van der Waals surface area contributed by atoms with Crippen LogP contribution < -0.4 is 6.15 Å². The van der Waals surface area contributed by atoms with Crippen LogP contribution in [0, 0.1) is 0 Å². The molecule has 0 saturated carbocycles. The molecular formula is H9BF3N. The molecule has 0 spiro atoms. The van der Waals surface area contributed by atoms with Crippen molar-refractivity contribution in [3.63, 3.8) is 0 Å². The van der Waals surface area contributed by atoms with E-state index in [2.05, 4.69) is 0 Å². The molecule has 0 rings (SSSR count). The lowest BCUT2D eigenvalue weighted by molar-refractivity contribution is 1.11. The zero-order chi connectivity index (χ0) is 0. The highest BCUT2D eigenvalue weighted by molar-refractivity contribution is 5.75. The van der Waals surface area contributed by atoms with E-state index in [-0.39, 0.29) is 28.7 Å². The Morgan fingerprint density at radius 2 is 0.600 bits per heavy atom. The second-order valence-electron chi connectivity index (χ2n) is 0. The molecule has 0 aliphatic rings. The monoisotopic (exact) mass is 91.1 g/mol. The van der Waals surface area contributed by atoms with E-state index in [1.54, 1.807) is 0 Å². The normalized spacial score (nSPS) is 0. The summed E-state index contributed by atoms with van der Waals surface area (Å²) < 4.78 is 0. The lowest BCUT2D eigenvalue weighted by atomic mass is 10.8. The van der Waals surface area contributed by atoms with Gasteiger partial charge in [0.2, 0.25) is 0 Å². The minimum Gasteiger partial charge on any atom is -0.344 e. The van der Waals surface area contributed by atoms with E-state index in [0.29, 0.717) is 0 Å². The summed E-state index contributed by atoms with van der Waals surface area (Å²) >= 11 is 0. The standard InChI is InChI=1S/BH3.3FH.H3N/h1H3;3*1H;1H3. The van der Waals surface area contributed by atoms with Gasteiger partial charge in [0.15, 0.2) is 0 Å². The van der Waals surface area contributed by atoms with Gasteiger partial charge >= 0.3 is 0 Å². The Balaban J connectivity index is 0. The highest BCUT2D eigenvalue weighted by atomic mass is 19.0. The van der Waals surface area contributed by atoms with Crippen molar-refractivity contribution in [3.8, 4) is 0 Å². The Morgan fingerprint density at radius 1 is 0.600 bits per heavy atom. The Morgan fingerprint density at radius 3 is 0.600 bits per heavy atom. The lowest BCUT2D eigenvalue weighted by Crippen LogP contribution is -0.481. The van der Waals surface area contributed by atoms with Gasteiger partial charge < -0.3 is 6.15 Å². The average molecular weight is 90.9 g/mol. The molecule has 1 nitrogen and oxygen atoms in total. The van der Waals surface area contributed by atoms with Gasteiger partial charge in [-0.15, -0.1) is 0 Å². The maximum absolute atomic E-state index is 0. The number of hydrogen-bond donors (Lipinski definition) is 1. The number of rotatable bonds is 0. The van der Waals surface area contributed by atoms with E-state index in [1.807, 2.05) is 0 Å². The number of halogens is 3. The van der Waals surface area contributed by atoms with Crippen LogP contribution in [0.2, 0.25) is 0 Å². The predicted molar refractivity (Wildman–Crippen MR) is 22.5 cm³/mol. The van der Waals surface area contributed by atoms with Gasteiger partial charge in [-0.3, -0.25) is 14.1 Å². The quantitative estimate of drug-likeness (QED) is 0.398. The van der Waals surface area contributed by atoms with E-state index in [9.17, 15) is 0 Å². The van der Waals surface area contributed by atoms with Crippen LogP contribution in [0.5, 0.6) is 0 Å². The second-order valence-corrected chi connectivity index (χ2v) is 0. The van der Waals surface area contributed by atoms with Crippen LogP contribution in [-0.4, -0.2) is 8.41 Å². The minimum atomic E-state index is 0. The van der Waals surface area contributed by atoms with E-state index in [0.717, 1.165) is 0 Å². The molecule has 0 bridgehead atoms. The summed E-state index contributed by atoms with van der Waals surface area (Å²) in [4.78, 5) is 0. The SMILES string of the molecule is B.F.F.F.N. The molecule has 0 saturated heterocycles. The molecule has 5 heteroatoms. The Labute approximate surface area is 30.0 Å². The molecule has 0 radical (unpaired) electrons. The molecule has 38 valence electrons. The van der Waals surface area contributed by atoms with Crippen LogP contribution in [0.3, 0.4) is 0 Å². The molecule has 5 heavy (non-hydrogen) atoms. The fraction of sp³-hybridized carbons (Fsp3) is 0. The van der Waals surface area contributed by atoms with E-state index in [1.165, 1.54) is 0 Å². The molecular weight excluding hydrogens is 81.8 g/mol. The summed E-state index contributed by atoms with van der Waals surface area (Å²) in [7, 11) is 0. The number of hydrogen-bond acceptors (Lipinski definition) is 1. The summed E-state index contributed by atoms with van der Waals surface area (Å²) in [6.45, 7) is 0. The zero-order valence-electron chi connectivity index (χ0n) is 1.93. The van der Waals surface area contributed by atoms with Crippen LogP contribution in [-0.2, 0) is 0 Å². The van der Waals surface area contributed by atoms with Crippen molar-refractivity contribution in [2.45, 2.75) is 0 Å². The van der Waals surface area contributed by atoms with Crippen LogP contribution >= 0.6 is 0 Å². The maximum atomic E-state index is 0. The second kappa shape index (κ2) is 883. The molecule has 0 unspecified atom stereocenters. The first kappa shape index (κ1) is 2050.